The van der Waals surface area contributed by atoms with Crippen LogP contribution in [-0.4, -0.2) is 12.1 Å². The van der Waals surface area contributed by atoms with E-state index in [0.717, 1.165) is 12.1 Å². The van der Waals surface area contributed by atoms with Gasteiger partial charge in [0.2, 0.25) is 0 Å². The van der Waals surface area contributed by atoms with Crippen LogP contribution >= 0.6 is 35.6 Å². The summed E-state index contributed by atoms with van der Waals surface area (Å²) in [5.74, 6) is 0.468. The molecule has 1 aromatic rings. The van der Waals surface area contributed by atoms with Gasteiger partial charge >= 0.3 is 0 Å². The lowest BCUT2D eigenvalue weighted by atomic mass is 9.88. The second kappa shape index (κ2) is 7.56. The first kappa shape index (κ1) is 18.0. The molecular weight excluding hydrogens is 291 g/mol. The smallest absolute Gasteiger partial charge is 0.0595 e. The first-order valence-corrected chi connectivity index (χ1v) is 6.53. The van der Waals surface area contributed by atoms with Gasteiger partial charge in [-0.25, -0.2) is 0 Å². The van der Waals surface area contributed by atoms with Crippen molar-refractivity contribution >= 4 is 35.6 Å². The average molecular weight is 312 g/mol. The van der Waals surface area contributed by atoms with Crippen molar-refractivity contribution in [3.8, 4) is 0 Å². The highest BCUT2D eigenvalue weighted by atomic mass is 35.5. The van der Waals surface area contributed by atoms with E-state index < -0.39 is 0 Å². The standard InChI is InChI=1S/C13H20Cl2N2.ClH/c1-9(2)13(3,8-16)17-7-10-4-5-11(14)12(15)6-10;/h4-6,9,17H,7-8,16H2,1-3H3;1H. The zero-order valence-electron chi connectivity index (χ0n) is 11.0. The normalized spacial score (nSPS) is 14.2. The molecule has 1 atom stereocenters. The highest BCUT2D eigenvalue weighted by molar-refractivity contribution is 6.42. The maximum Gasteiger partial charge on any atom is 0.0595 e. The van der Waals surface area contributed by atoms with Crippen LogP contribution in [0.25, 0.3) is 0 Å². The first-order chi connectivity index (χ1) is 7.89. The summed E-state index contributed by atoms with van der Waals surface area (Å²) < 4.78 is 0. The van der Waals surface area contributed by atoms with Gasteiger partial charge in [0.1, 0.15) is 0 Å². The molecule has 0 spiro atoms. The average Bonchev–Trinajstić information content (AvgIpc) is 2.30. The van der Waals surface area contributed by atoms with Gasteiger partial charge in [0.25, 0.3) is 0 Å². The van der Waals surface area contributed by atoms with Crippen LogP contribution in [0.15, 0.2) is 18.2 Å². The van der Waals surface area contributed by atoms with Gasteiger partial charge in [-0.3, -0.25) is 0 Å². The molecule has 1 rings (SSSR count). The molecule has 1 aromatic carbocycles. The number of hydrogen-bond acceptors (Lipinski definition) is 2. The van der Waals surface area contributed by atoms with E-state index in [9.17, 15) is 0 Å². The molecule has 0 saturated carbocycles. The first-order valence-electron chi connectivity index (χ1n) is 5.78. The van der Waals surface area contributed by atoms with Crippen LogP contribution in [0, 0.1) is 5.92 Å². The summed E-state index contributed by atoms with van der Waals surface area (Å²) in [4.78, 5) is 0. The number of hydrogen-bond donors (Lipinski definition) is 2. The SMILES string of the molecule is CC(C)C(C)(CN)NCc1ccc(Cl)c(Cl)c1.Cl. The fraction of sp³-hybridized carbons (Fsp3) is 0.538. The van der Waals surface area contributed by atoms with Crippen LogP contribution in [0.1, 0.15) is 26.3 Å². The van der Waals surface area contributed by atoms with E-state index in [0.29, 0.717) is 22.5 Å². The fourth-order valence-corrected chi connectivity index (χ4v) is 1.79. The minimum absolute atomic E-state index is 0. The van der Waals surface area contributed by atoms with Crippen molar-refractivity contribution in [3.05, 3.63) is 33.8 Å². The zero-order valence-corrected chi connectivity index (χ0v) is 13.3. The molecule has 0 amide bonds. The van der Waals surface area contributed by atoms with Crippen LogP contribution in [0.2, 0.25) is 10.0 Å². The van der Waals surface area contributed by atoms with E-state index in [1.54, 1.807) is 0 Å². The third kappa shape index (κ3) is 4.60. The molecule has 0 aliphatic rings. The third-order valence-corrected chi connectivity index (χ3v) is 4.12. The lowest BCUT2D eigenvalue weighted by Gasteiger charge is -2.34. The number of benzene rings is 1. The van der Waals surface area contributed by atoms with E-state index >= 15 is 0 Å². The molecule has 2 nitrogen and oxygen atoms in total. The van der Waals surface area contributed by atoms with Crippen LogP contribution in [0.4, 0.5) is 0 Å². The van der Waals surface area contributed by atoms with E-state index in [2.05, 4.69) is 26.1 Å². The summed E-state index contributed by atoms with van der Waals surface area (Å²) >= 11 is 11.9. The highest BCUT2D eigenvalue weighted by Crippen LogP contribution is 2.23. The Morgan fingerprint density at radius 1 is 1.28 bits per heavy atom. The Kier molecular flexibility index (Phi) is 7.57. The van der Waals surface area contributed by atoms with Crippen molar-refractivity contribution in [2.24, 2.45) is 11.7 Å². The monoisotopic (exact) mass is 310 g/mol. The molecule has 0 saturated heterocycles. The highest BCUT2D eigenvalue weighted by Gasteiger charge is 2.25. The second-order valence-electron chi connectivity index (χ2n) is 4.88. The van der Waals surface area contributed by atoms with Gasteiger partial charge < -0.3 is 11.1 Å². The Bertz CT molecular complexity index is 382. The van der Waals surface area contributed by atoms with E-state index in [1.807, 2.05) is 18.2 Å². The Labute approximate surface area is 126 Å². The summed E-state index contributed by atoms with van der Waals surface area (Å²) in [7, 11) is 0. The van der Waals surface area contributed by atoms with Crippen molar-refractivity contribution in [1.29, 1.82) is 0 Å². The number of nitrogens with one attached hydrogen (secondary N) is 1. The van der Waals surface area contributed by atoms with Gasteiger partial charge in [-0.2, -0.15) is 0 Å². The Morgan fingerprint density at radius 2 is 1.89 bits per heavy atom. The minimum atomic E-state index is -0.0634. The third-order valence-electron chi connectivity index (χ3n) is 3.38. The van der Waals surface area contributed by atoms with Gasteiger partial charge in [0, 0.05) is 18.6 Å². The summed E-state index contributed by atoms with van der Waals surface area (Å²) in [5.41, 5.74) is 6.86. The van der Waals surface area contributed by atoms with Crippen molar-refractivity contribution in [3.63, 3.8) is 0 Å². The largest absolute Gasteiger partial charge is 0.329 e. The molecular formula is C13H21Cl3N2. The minimum Gasteiger partial charge on any atom is -0.329 e. The predicted octanol–water partition coefficient (Wildman–Crippen LogP) is 3.88. The van der Waals surface area contributed by atoms with Crippen molar-refractivity contribution < 1.29 is 0 Å². The summed E-state index contributed by atoms with van der Waals surface area (Å²) in [6.07, 6.45) is 0. The van der Waals surface area contributed by atoms with Crippen LogP contribution in [-0.2, 0) is 6.54 Å². The quantitative estimate of drug-likeness (QED) is 0.866. The summed E-state index contributed by atoms with van der Waals surface area (Å²) in [5, 5.41) is 4.65. The van der Waals surface area contributed by atoms with Gasteiger partial charge in [0.05, 0.1) is 10.0 Å². The van der Waals surface area contributed by atoms with Crippen LogP contribution < -0.4 is 11.1 Å². The molecule has 5 heteroatoms. The van der Waals surface area contributed by atoms with E-state index in [-0.39, 0.29) is 17.9 Å². The van der Waals surface area contributed by atoms with Gasteiger partial charge in [-0.1, -0.05) is 43.1 Å². The van der Waals surface area contributed by atoms with E-state index in [1.165, 1.54) is 0 Å². The molecule has 104 valence electrons. The van der Waals surface area contributed by atoms with Crippen LogP contribution in [0.3, 0.4) is 0 Å². The van der Waals surface area contributed by atoms with Crippen molar-refractivity contribution in [2.45, 2.75) is 32.9 Å². The fourth-order valence-electron chi connectivity index (χ4n) is 1.47. The molecule has 0 fully saturated rings. The topological polar surface area (TPSA) is 38.0 Å². The second-order valence-corrected chi connectivity index (χ2v) is 5.69. The molecule has 0 radical (unpaired) electrons. The number of rotatable bonds is 5. The maximum atomic E-state index is 5.98. The number of nitrogens with two attached hydrogens (primary N) is 1. The number of halogens is 3. The molecule has 0 heterocycles. The molecule has 0 aliphatic heterocycles. The molecule has 1 unspecified atom stereocenters. The van der Waals surface area contributed by atoms with Gasteiger partial charge in [0.15, 0.2) is 0 Å². The molecule has 18 heavy (non-hydrogen) atoms. The van der Waals surface area contributed by atoms with Gasteiger partial charge in [-0.15, -0.1) is 12.4 Å². The Hall–Kier alpha value is 0.01000. The molecule has 0 aliphatic carbocycles. The lowest BCUT2D eigenvalue weighted by Crippen LogP contribution is -2.52. The van der Waals surface area contributed by atoms with Crippen molar-refractivity contribution in [1.82, 2.24) is 5.32 Å². The zero-order chi connectivity index (χ0) is 13.1. The predicted molar refractivity (Wildman–Crippen MR) is 82.8 cm³/mol. The Morgan fingerprint density at radius 3 is 2.33 bits per heavy atom. The van der Waals surface area contributed by atoms with Gasteiger partial charge in [-0.05, 0) is 30.5 Å². The van der Waals surface area contributed by atoms with E-state index in [4.69, 9.17) is 28.9 Å². The summed E-state index contributed by atoms with van der Waals surface area (Å²) in [6, 6.07) is 5.67. The Balaban J connectivity index is 0.00000289. The maximum absolute atomic E-state index is 5.98. The molecule has 3 N–H and O–H groups in total. The van der Waals surface area contributed by atoms with Crippen molar-refractivity contribution in [2.75, 3.05) is 6.54 Å². The lowest BCUT2D eigenvalue weighted by molar-refractivity contribution is 0.267. The van der Waals surface area contributed by atoms with Crippen LogP contribution in [0.5, 0.6) is 0 Å². The summed E-state index contributed by atoms with van der Waals surface area (Å²) in [6.45, 7) is 7.80. The molecule has 0 aromatic heterocycles. The molecule has 0 bridgehead atoms.